The molecule has 3 nitrogen and oxygen atoms in total. The zero-order chi connectivity index (χ0) is 9.68. The molecule has 0 spiro atoms. The highest BCUT2D eigenvalue weighted by atomic mass is 35.5. The van der Waals surface area contributed by atoms with E-state index < -0.39 is 11.0 Å². The quantitative estimate of drug-likeness (QED) is 0.312. The molecule has 1 aromatic carbocycles. The van der Waals surface area contributed by atoms with Crippen LogP contribution < -0.4 is 4.74 Å². The van der Waals surface area contributed by atoms with E-state index in [-0.39, 0.29) is 0 Å². The van der Waals surface area contributed by atoms with Crippen LogP contribution in [0.3, 0.4) is 0 Å². The monoisotopic (exact) mass is 196 g/mol. The van der Waals surface area contributed by atoms with Gasteiger partial charge in [0.1, 0.15) is 5.75 Å². The normalized spacial score (nSPS) is 8.69. The van der Waals surface area contributed by atoms with Crippen LogP contribution in [-0.4, -0.2) is 11.9 Å². The molecule has 0 saturated heterocycles. The summed E-state index contributed by atoms with van der Waals surface area (Å²) in [5.74, 6) is 0.677. The number of rotatable bonds is 2. The third-order valence-electron chi connectivity index (χ3n) is 1.22. The summed E-state index contributed by atoms with van der Waals surface area (Å²) < 4.78 is 4.70. The van der Waals surface area contributed by atoms with Crippen LogP contribution in [0.25, 0.3) is 0 Å². The first-order valence-electron chi connectivity index (χ1n) is 3.42. The van der Waals surface area contributed by atoms with E-state index in [2.05, 4.69) is 0 Å². The van der Waals surface area contributed by atoms with Gasteiger partial charge in [0, 0.05) is 0 Å². The minimum atomic E-state index is -0.900. The van der Waals surface area contributed by atoms with Gasteiger partial charge in [0.2, 0.25) is 5.03 Å². The Morgan fingerprint density at radius 3 is 2.46 bits per heavy atom. The minimum Gasteiger partial charge on any atom is -0.422 e. The SMILES string of the molecule is O=C=C(Cl)C(=O)Oc1ccccc1. The molecule has 0 amide bonds. The van der Waals surface area contributed by atoms with E-state index >= 15 is 0 Å². The molecule has 0 N–H and O–H groups in total. The largest absolute Gasteiger partial charge is 0.422 e. The summed E-state index contributed by atoms with van der Waals surface area (Å²) in [5.41, 5.74) is 0. The Morgan fingerprint density at radius 2 is 1.92 bits per heavy atom. The summed E-state index contributed by atoms with van der Waals surface area (Å²) in [6, 6.07) is 8.32. The van der Waals surface area contributed by atoms with Crippen LogP contribution in [-0.2, 0) is 9.59 Å². The minimum absolute atomic E-state index is 0.334. The summed E-state index contributed by atoms with van der Waals surface area (Å²) >= 11 is 5.18. The molecule has 0 fully saturated rings. The number of para-hydroxylation sites is 1. The van der Waals surface area contributed by atoms with E-state index in [4.69, 9.17) is 16.3 Å². The fraction of sp³-hybridized carbons (Fsp3) is 0. The second-order valence-electron chi connectivity index (χ2n) is 2.12. The molecule has 0 unspecified atom stereocenters. The second-order valence-corrected chi connectivity index (χ2v) is 2.50. The van der Waals surface area contributed by atoms with E-state index in [1.807, 2.05) is 0 Å². The summed E-state index contributed by atoms with van der Waals surface area (Å²) in [5, 5.41) is -0.594. The number of hydrogen-bond donors (Lipinski definition) is 0. The van der Waals surface area contributed by atoms with E-state index in [1.54, 1.807) is 30.3 Å². The van der Waals surface area contributed by atoms with Crippen LogP contribution >= 0.6 is 11.6 Å². The molecule has 0 aromatic heterocycles. The van der Waals surface area contributed by atoms with Crippen molar-refractivity contribution in [3.8, 4) is 5.75 Å². The van der Waals surface area contributed by atoms with E-state index in [0.717, 1.165) is 0 Å². The van der Waals surface area contributed by atoms with E-state index in [1.165, 1.54) is 5.94 Å². The Bertz CT molecular complexity index is 352. The zero-order valence-corrected chi connectivity index (χ0v) is 7.25. The lowest BCUT2D eigenvalue weighted by molar-refractivity contribution is -0.129. The van der Waals surface area contributed by atoms with Crippen LogP contribution in [0.15, 0.2) is 35.4 Å². The third-order valence-corrected chi connectivity index (χ3v) is 1.45. The standard InChI is InChI=1S/C9H5ClO3/c10-8(6-11)9(12)13-7-4-2-1-3-5-7/h1-5H. The number of carbonyl (C=O) groups excluding carboxylic acids is 2. The maximum Gasteiger partial charge on any atom is 0.366 e. The van der Waals surface area contributed by atoms with Crippen molar-refractivity contribution >= 4 is 23.5 Å². The van der Waals surface area contributed by atoms with Gasteiger partial charge in [-0.25, -0.2) is 9.59 Å². The Hall–Kier alpha value is -1.57. The van der Waals surface area contributed by atoms with Gasteiger partial charge in [0.25, 0.3) is 0 Å². The third kappa shape index (κ3) is 2.75. The molecule has 1 aromatic rings. The van der Waals surface area contributed by atoms with Crippen molar-refractivity contribution in [2.24, 2.45) is 0 Å². The maximum absolute atomic E-state index is 10.9. The summed E-state index contributed by atoms with van der Waals surface area (Å²) in [6.07, 6.45) is 0. The predicted molar refractivity (Wildman–Crippen MR) is 47.1 cm³/mol. The van der Waals surface area contributed by atoms with E-state index in [0.29, 0.717) is 5.75 Å². The molecule has 1 rings (SSSR count). The average molecular weight is 197 g/mol. The smallest absolute Gasteiger partial charge is 0.366 e. The molecule has 66 valence electrons. The van der Waals surface area contributed by atoms with Gasteiger partial charge < -0.3 is 4.74 Å². The van der Waals surface area contributed by atoms with Crippen molar-refractivity contribution < 1.29 is 14.3 Å². The summed E-state index contributed by atoms with van der Waals surface area (Å²) in [7, 11) is 0. The number of carbonyl (C=O) groups is 1. The van der Waals surface area contributed by atoms with Gasteiger partial charge in [-0.2, -0.15) is 0 Å². The molecule has 0 aliphatic carbocycles. The first-order chi connectivity index (χ1) is 6.24. The highest BCUT2D eigenvalue weighted by molar-refractivity contribution is 6.45. The molecule has 0 radical (unpaired) electrons. The molecular weight excluding hydrogens is 192 g/mol. The lowest BCUT2D eigenvalue weighted by atomic mass is 10.3. The molecular formula is C9H5ClO3. The van der Waals surface area contributed by atoms with Crippen molar-refractivity contribution in [3.63, 3.8) is 0 Å². The highest BCUT2D eigenvalue weighted by Gasteiger charge is 2.09. The summed E-state index contributed by atoms with van der Waals surface area (Å²) in [4.78, 5) is 20.8. The van der Waals surface area contributed by atoms with E-state index in [9.17, 15) is 9.59 Å². The van der Waals surface area contributed by atoms with Crippen LogP contribution in [0.4, 0.5) is 0 Å². The van der Waals surface area contributed by atoms with Crippen molar-refractivity contribution in [1.29, 1.82) is 0 Å². The Labute approximate surface area is 79.6 Å². The van der Waals surface area contributed by atoms with Gasteiger partial charge in [-0.15, -0.1) is 0 Å². The van der Waals surface area contributed by atoms with Crippen LogP contribution in [0.1, 0.15) is 0 Å². The van der Waals surface area contributed by atoms with Gasteiger partial charge >= 0.3 is 5.97 Å². The predicted octanol–water partition coefficient (Wildman–Crippen LogP) is 1.55. The Balaban J connectivity index is 2.71. The molecule has 0 aliphatic rings. The van der Waals surface area contributed by atoms with Gasteiger partial charge in [-0.1, -0.05) is 29.8 Å². The first kappa shape index (κ1) is 9.52. The molecule has 0 bridgehead atoms. The van der Waals surface area contributed by atoms with Crippen LogP contribution in [0, 0.1) is 0 Å². The fourth-order valence-corrected chi connectivity index (χ4v) is 0.721. The fourth-order valence-electron chi connectivity index (χ4n) is 0.682. The van der Waals surface area contributed by atoms with Crippen molar-refractivity contribution in [2.75, 3.05) is 0 Å². The van der Waals surface area contributed by atoms with Gasteiger partial charge in [-0.3, -0.25) is 0 Å². The summed E-state index contributed by atoms with van der Waals surface area (Å²) in [6.45, 7) is 0. The van der Waals surface area contributed by atoms with Crippen molar-refractivity contribution in [2.45, 2.75) is 0 Å². The van der Waals surface area contributed by atoms with Crippen molar-refractivity contribution in [1.82, 2.24) is 0 Å². The molecule has 0 heterocycles. The maximum atomic E-state index is 10.9. The number of ether oxygens (including phenoxy) is 1. The molecule has 4 heteroatoms. The van der Waals surface area contributed by atoms with Crippen LogP contribution in [0.2, 0.25) is 0 Å². The molecule has 0 atom stereocenters. The van der Waals surface area contributed by atoms with Gasteiger partial charge in [0.15, 0.2) is 5.94 Å². The number of esters is 1. The molecule has 0 aliphatic heterocycles. The highest BCUT2D eigenvalue weighted by Crippen LogP contribution is 2.10. The lowest BCUT2D eigenvalue weighted by Crippen LogP contribution is -2.07. The first-order valence-corrected chi connectivity index (χ1v) is 3.79. The van der Waals surface area contributed by atoms with Gasteiger partial charge in [-0.05, 0) is 12.1 Å². The van der Waals surface area contributed by atoms with Crippen molar-refractivity contribution in [3.05, 3.63) is 35.4 Å². The number of halogens is 1. The van der Waals surface area contributed by atoms with Gasteiger partial charge in [0.05, 0.1) is 0 Å². The average Bonchev–Trinajstić information content (AvgIpc) is 2.18. The number of hydrogen-bond acceptors (Lipinski definition) is 3. The molecule has 13 heavy (non-hydrogen) atoms. The Morgan fingerprint density at radius 1 is 1.31 bits per heavy atom. The topological polar surface area (TPSA) is 43.4 Å². The van der Waals surface area contributed by atoms with Crippen LogP contribution in [0.5, 0.6) is 5.75 Å². The Kier molecular flexibility index (Phi) is 3.26. The lowest BCUT2D eigenvalue weighted by Gasteiger charge is -1.99. The number of benzene rings is 1. The molecule has 0 saturated carbocycles. The second kappa shape index (κ2) is 4.45. The zero-order valence-electron chi connectivity index (χ0n) is 6.49.